The predicted octanol–water partition coefficient (Wildman–Crippen LogP) is 1.77. The lowest BCUT2D eigenvalue weighted by Gasteiger charge is -2.14. The molecule has 1 aromatic carbocycles. The Morgan fingerprint density at radius 2 is 1.88 bits per heavy atom. The van der Waals surface area contributed by atoms with Gasteiger partial charge >= 0.3 is 11.9 Å². The molecule has 1 heterocycles. The number of carboxylic acids is 2. The normalized spacial score (nSPS) is 10.4. The molecular formula is C15H13ClN2O6. The summed E-state index contributed by atoms with van der Waals surface area (Å²) in [6.45, 7) is 0. The predicted molar refractivity (Wildman–Crippen MR) is 86.9 cm³/mol. The van der Waals surface area contributed by atoms with Gasteiger partial charge in [-0.05, 0) is 17.7 Å². The number of ether oxygens (including phenoxy) is 1. The number of benzene rings is 1. The monoisotopic (exact) mass is 352 g/mol. The molecule has 2 rings (SSSR count). The number of aromatic nitrogens is 1. The minimum absolute atomic E-state index is 0.0422. The number of hydrogen-bond acceptors (Lipinski definition) is 5. The standard InChI is InChI=1S/C15H13ClN2O6/c1-24-8-3-2-6(4-7(8)5-16)9-10(14(20)21)12(17)18-13(19)11(9)15(22)23/h2-4H,5H2,1H3,(H,20,21)(H,22,23)(H3,17,18,19). The first-order chi connectivity index (χ1) is 11.3. The Bertz CT molecular complexity index is 890. The highest BCUT2D eigenvalue weighted by molar-refractivity contribution is 6.17. The van der Waals surface area contributed by atoms with Crippen molar-refractivity contribution in [2.75, 3.05) is 12.8 Å². The van der Waals surface area contributed by atoms with Gasteiger partial charge in [0, 0.05) is 11.1 Å². The Labute approximate surface area is 140 Å². The lowest BCUT2D eigenvalue weighted by molar-refractivity contribution is 0.0695. The second kappa shape index (κ2) is 6.63. The molecule has 0 amide bonds. The van der Waals surface area contributed by atoms with Crippen LogP contribution in [0.15, 0.2) is 23.0 Å². The van der Waals surface area contributed by atoms with Gasteiger partial charge in [0.1, 0.15) is 22.7 Å². The van der Waals surface area contributed by atoms with E-state index < -0.39 is 34.4 Å². The molecule has 2 aromatic rings. The van der Waals surface area contributed by atoms with Gasteiger partial charge in [-0.2, -0.15) is 0 Å². The van der Waals surface area contributed by atoms with Gasteiger partial charge in [-0.25, -0.2) is 9.59 Å². The lowest BCUT2D eigenvalue weighted by Crippen LogP contribution is -2.24. The molecule has 8 nitrogen and oxygen atoms in total. The van der Waals surface area contributed by atoms with Crippen LogP contribution in [0, 0.1) is 0 Å². The first-order valence-corrected chi connectivity index (χ1v) is 7.10. The summed E-state index contributed by atoms with van der Waals surface area (Å²) in [4.78, 5) is 37.0. The summed E-state index contributed by atoms with van der Waals surface area (Å²) < 4.78 is 5.12. The number of carbonyl (C=O) groups is 2. The highest BCUT2D eigenvalue weighted by atomic mass is 35.5. The Balaban J connectivity index is 2.94. The van der Waals surface area contributed by atoms with E-state index in [2.05, 4.69) is 0 Å². The van der Waals surface area contributed by atoms with Crippen molar-refractivity contribution in [3.63, 3.8) is 0 Å². The van der Waals surface area contributed by atoms with Crippen molar-refractivity contribution in [2.45, 2.75) is 5.88 Å². The topological polar surface area (TPSA) is 143 Å². The van der Waals surface area contributed by atoms with Gasteiger partial charge in [0.2, 0.25) is 0 Å². The van der Waals surface area contributed by atoms with Gasteiger partial charge in [-0.1, -0.05) is 6.07 Å². The fourth-order valence-electron chi connectivity index (χ4n) is 2.37. The number of methoxy groups -OCH3 is 1. The number of nitrogen functional groups attached to an aromatic ring is 1. The molecule has 0 aliphatic heterocycles. The second-order valence-corrected chi connectivity index (χ2v) is 5.03. The molecule has 0 aliphatic carbocycles. The number of aromatic carboxylic acids is 2. The Kier molecular flexibility index (Phi) is 4.79. The van der Waals surface area contributed by atoms with Crippen LogP contribution in [0.3, 0.4) is 0 Å². The van der Waals surface area contributed by atoms with E-state index in [1.165, 1.54) is 25.3 Å². The number of aromatic amines is 1. The van der Waals surface area contributed by atoms with E-state index in [4.69, 9.17) is 22.1 Å². The quantitative estimate of drug-likeness (QED) is 0.600. The summed E-state index contributed by atoms with van der Waals surface area (Å²) in [5, 5.41) is 18.7. The minimum atomic E-state index is -1.57. The number of alkyl halides is 1. The molecular weight excluding hydrogens is 340 g/mol. The van der Waals surface area contributed by atoms with E-state index >= 15 is 0 Å². The van der Waals surface area contributed by atoms with Crippen LogP contribution in [-0.4, -0.2) is 34.2 Å². The zero-order valence-corrected chi connectivity index (χ0v) is 13.2. The molecule has 0 fully saturated rings. The van der Waals surface area contributed by atoms with Gasteiger partial charge in [0.05, 0.1) is 13.0 Å². The van der Waals surface area contributed by atoms with E-state index in [1.54, 1.807) is 0 Å². The number of nitrogens with two attached hydrogens (primary N) is 1. The van der Waals surface area contributed by atoms with Gasteiger partial charge in [-0.15, -0.1) is 11.6 Å². The van der Waals surface area contributed by atoms with Crippen LogP contribution in [0.4, 0.5) is 5.82 Å². The van der Waals surface area contributed by atoms with Crippen molar-refractivity contribution in [1.82, 2.24) is 4.98 Å². The SMILES string of the molecule is COc1ccc(-c2c(C(=O)O)c(N)[nH]c(=O)c2C(=O)O)cc1CCl. The third-order valence-electron chi connectivity index (χ3n) is 3.39. The third kappa shape index (κ3) is 2.91. The summed E-state index contributed by atoms with van der Waals surface area (Å²) >= 11 is 5.83. The highest BCUT2D eigenvalue weighted by Crippen LogP contribution is 2.33. The molecule has 0 spiro atoms. The number of carboxylic acid groups (broad SMARTS) is 2. The van der Waals surface area contributed by atoms with Crippen LogP contribution >= 0.6 is 11.6 Å². The average Bonchev–Trinajstić information content (AvgIpc) is 2.52. The lowest BCUT2D eigenvalue weighted by atomic mass is 9.94. The molecule has 0 aliphatic rings. The second-order valence-electron chi connectivity index (χ2n) is 4.76. The molecule has 0 bridgehead atoms. The Morgan fingerprint density at radius 3 is 2.38 bits per heavy atom. The molecule has 9 heteroatoms. The minimum Gasteiger partial charge on any atom is -0.496 e. The van der Waals surface area contributed by atoms with Crippen molar-refractivity contribution in [2.24, 2.45) is 0 Å². The summed E-state index contributed by atoms with van der Waals surface area (Å²) in [7, 11) is 1.43. The fraction of sp³-hybridized carbons (Fsp3) is 0.133. The molecule has 5 N–H and O–H groups in total. The van der Waals surface area contributed by atoms with Crippen molar-refractivity contribution < 1.29 is 24.5 Å². The molecule has 0 radical (unpaired) electrons. The van der Waals surface area contributed by atoms with E-state index in [9.17, 15) is 24.6 Å². The summed E-state index contributed by atoms with van der Waals surface area (Å²) in [6.07, 6.45) is 0. The van der Waals surface area contributed by atoms with Gasteiger partial charge in [0.15, 0.2) is 0 Å². The average molecular weight is 353 g/mol. The number of hydrogen-bond donors (Lipinski definition) is 4. The van der Waals surface area contributed by atoms with E-state index in [0.29, 0.717) is 11.3 Å². The van der Waals surface area contributed by atoms with E-state index in [-0.39, 0.29) is 17.0 Å². The Morgan fingerprint density at radius 1 is 1.25 bits per heavy atom. The molecule has 1 aromatic heterocycles. The zero-order valence-electron chi connectivity index (χ0n) is 12.4. The molecule has 0 unspecified atom stereocenters. The maximum atomic E-state index is 12.0. The molecule has 0 saturated carbocycles. The van der Waals surface area contributed by atoms with Gasteiger partial charge in [-0.3, -0.25) is 4.79 Å². The Hall–Kier alpha value is -3.00. The number of nitrogens with one attached hydrogen (secondary N) is 1. The van der Waals surface area contributed by atoms with Gasteiger partial charge in [0.25, 0.3) is 5.56 Å². The number of rotatable bonds is 5. The number of halogens is 1. The maximum absolute atomic E-state index is 12.0. The van der Waals surface area contributed by atoms with Crippen molar-refractivity contribution in [1.29, 1.82) is 0 Å². The zero-order chi connectivity index (χ0) is 18.0. The maximum Gasteiger partial charge on any atom is 0.342 e. The van der Waals surface area contributed by atoms with Crippen LogP contribution in [0.1, 0.15) is 26.3 Å². The molecule has 126 valence electrons. The molecule has 24 heavy (non-hydrogen) atoms. The number of H-pyrrole nitrogens is 1. The van der Waals surface area contributed by atoms with E-state index in [0.717, 1.165) is 0 Å². The third-order valence-corrected chi connectivity index (χ3v) is 3.67. The highest BCUT2D eigenvalue weighted by Gasteiger charge is 2.26. The fourth-order valence-corrected chi connectivity index (χ4v) is 2.58. The van der Waals surface area contributed by atoms with Gasteiger partial charge < -0.3 is 25.7 Å². The summed E-state index contributed by atoms with van der Waals surface area (Å²) in [6, 6.07) is 4.39. The summed E-state index contributed by atoms with van der Waals surface area (Å²) in [5.74, 6) is -2.99. The van der Waals surface area contributed by atoms with Crippen LogP contribution < -0.4 is 16.0 Å². The van der Waals surface area contributed by atoms with Crippen LogP contribution in [0.25, 0.3) is 11.1 Å². The largest absolute Gasteiger partial charge is 0.496 e. The van der Waals surface area contributed by atoms with Crippen molar-refractivity contribution in [3.05, 3.63) is 45.2 Å². The molecule has 0 atom stereocenters. The van der Waals surface area contributed by atoms with Crippen LogP contribution in [-0.2, 0) is 5.88 Å². The summed E-state index contributed by atoms with van der Waals surface area (Å²) in [5.41, 5.74) is 3.76. The van der Waals surface area contributed by atoms with Crippen molar-refractivity contribution in [3.8, 4) is 16.9 Å². The van der Waals surface area contributed by atoms with Crippen molar-refractivity contribution >= 4 is 29.4 Å². The van der Waals surface area contributed by atoms with E-state index in [1.807, 2.05) is 4.98 Å². The number of pyridine rings is 1. The van der Waals surface area contributed by atoms with Crippen LogP contribution in [0.2, 0.25) is 0 Å². The van der Waals surface area contributed by atoms with Crippen LogP contribution in [0.5, 0.6) is 5.75 Å². The smallest absolute Gasteiger partial charge is 0.342 e. The first-order valence-electron chi connectivity index (χ1n) is 6.57. The molecule has 0 saturated heterocycles. The number of anilines is 1. The first kappa shape index (κ1) is 17.4.